The molecule has 0 saturated carbocycles. The lowest BCUT2D eigenvalue weighted by Crippen LogP contribution is -2.39. The zero-order valence-corrected chi connectivity index (χ0v) is 12.6. The Kier molecular flexibility index (Phi) is 7.75. The van der Waals surface area contributed by atoms with Gasteiger partial charge >= 0.3 is 0 Å². The lowest BCUT2D eigenvalue weighted by atomic mass is 10.0. The van der Waals surface area contributed by atoms with Gasteiger partial charge in [0.25, 0.3) is 0 Å². The molecule has 1 rings (SSSR count). The minimum absolute atomic E-state index is 0.000479. The van der Waals surface area contributed by atoms with Crippen LogP contribution < -0.4 is 10.1 Å². The molecular formula is C16H24FNO3. The molecule has 0 heterocycles. The highest BCUT2D eigenvalue weighted by atomic mass is 19.1. The highest BCUT2D eigenvalue weighted by Gasteiger charge is 2.15. The van der Waals surface area contributed by atoms with E-state index in [0.717, 1.165) is 0 Å². The van der Waals surface area contributed by atoms with E-state index in [2.05, 4.69) is 5.32 Å². The predicted octanol–water partition coefficient (Wildman–Crippen LogP) is 2.51. The van der Waals surface area contributed by atoms with Crippen LogP contribution in [-0.4, -0.2) is 30.3 Å². The molecule has 21 heavy (non-hydrogen) atoms. The molecular weight excluding hydrogens is 273 g/mol. The monoisotopic (exact) mass is 297 g/mol. The second kappa shape index (κ2) is 9.34. The molecule has 5 heteroatoms. The summed E-state index contributed by atoms with van der Waals surface area (Å²) in [6.07, 6.45) is 1.53. The average molecular weight is 297 g/mol. The topological polar surface area (TPSA) is 58.6 Å². The normalized spacial score (nSPS) is 12.2. The standard InChI is InChI=1S/C16H24FNO3/c1-12(2)15(9-10-19)18-16(20)4-3-11-21-14-7-5-13(17)6-8-14/h5-8,12,15,19H,3-4,9-11H2,1-2H3,(H,18,20). The summed E-state index contributed by atoms with van der Waals surface area (Å²) in [5, 5.41) is 11.9. The number of carbonyl (C=O) groups excluding carboxylic acids is 1. The number of benzene rings is 1. The third-order valence-electron chi connectivity index (χ3n) is 3.22. The summed E-state index contributed by atoms with van der Waals surface area (Å²) < 4.78 is 18.1. The van der Waals surface area contributed by atoms with E-state index in [-0.39, 0.29) is 30.3 Å². The predicted molar refractivity (Wildman–Crippen MR) is 79.6 cm³/mol. The number of nitrogens with one attached hydrogen (secondary N) is 1. The number of aliphatic hydroxyl groups is 1. The third-order valence-corrected chi connectivity index (χ3v) is 3.22. The summed E-state index contributed by atoms with van der Waals surface area (Å²) in [4.78, 5) is 11.8. The van der Waals surface area contributed by atoms with Crippen molar-refractivity contribution in [1.29, 1.82) is 0 Å². The molecule has 0 fully saturated rings. The van der Waals surface area contributed by atoms with Gasteiger partial charge in [0.15, 0.2) is 0 Å². The maximum atomic E-state index is 12.7. The zero-order valence-electron chi connectivity index (χ0n) is 12.6. The Labute approximate surface area is 125 Å². The van der Waals surface area contributed by atoms with E-state index in [9.17, 15) is 9.18 Å². The molecule has 1 aromatic carbocycles. The number of halogens is 1. The van der Waals surface area contributed by atoms with Crippen molar-refractivity contribution in [3.63, 3.8) is 0 Å². The van der Waals surface area contributed by atoms with Crippen LogP contribution in [0.5, 0.6) is 5.75 Å². The molecule has 0 aliphatic rings. The molecule has 1 aromatic rings. The number of hydrogen-bond acceptors (Lipinski definition) is 3. The second-order valence-corrected chi connectivity index (χ2v) is 5.34. The van der Waals surface area contributed by atoms with Crippen LogP contribution in [0.4, 0.5) is 4.39 Å². The molecule has 0 bridgehead atoms. The van der Waals surface area contributed by atoms with Crippen molar-refractivity contribution in [3.05, 3.63) is 30.1 Å². The van der Waals surface area contributed by atoms with Crippen LogP contribution in [0.2, 0.25) is 0 Å². The fraction of sp³-hybridized carbons (Fsp3) is 0.562. The number of ether oxygens (including phenoxy) is 1. The summed E-state index contributed by atoms with van der Waals surface area (Å²) in [7, 11) is 0. The Hall–Kier alpha value is -1.62. The fourth-order valence-electron chi connectivity index (χ4n) is 1.94. The van der Waals surface area contributed by atoms with Crippen molar-refractivity contribution >= 4 is 5.91 Å². The van der Waals surface area contributed by atoms with Crippen molar-refractivity contribution in [2.24, 2.45) is 5.92 Å². The Morgan fingerprint density at radius 2 is 2.00 bits per heavy atom. The van der Waals surface area contributed by atoms with Crippen LogP contribution >= 0.6 is 0 Å². The van der Waals surface area contributed by atoms with Gasteiger partial charge in [-0.05, 0) is 43.0 Å². The van der Waals surface area contributed by atoms with Crippen LogP contribution in [0.3, 0.4) is 0 Å². The summed E-state index contributed by atoms with van der Waals surface area (Å²) in [5.74, 6) is 0.545. The molecule has 1 unspecified atom stereocenters. The number of rotatable bonds is 9. The molecule has 0 aromatic heterocycles. The van der Waals surface area contributed by atoms with E-state index in [1.54, 1.807) is 12.1 Å². The van der Waals surface area contributed by atoms with Gasteiger partial charge in [-0.3, -0.25) is 4.79 Å². The number of carbonyl (C=O) groups is 1. The summed E-state index contributed by atoms with van der Waals surface area (Å²) in [5.41, 5.74) is 0. The lowest BCUT2D eigenvalue weighted by molar-refractivity contribution is -0.122. The van der Waals surface area contributed by atoms with Gasteiger partial charge in [0.05, 0.1) is 6.61 Å². The molecule has 2 N–H and O–H groups in total. The van der Waals surface area contributed by atoms with Crippen LogP contribution in [0, 0.1) is 11.7 Å². The molecule has 1 amide bonds. The Bertz CT molecular complexity index is 420. The molecule has 118 valence electrons. The van der Waals surface area contributed by atoms with Crippen LogP contribution in [0.15, 0.2) is 24.3 Å². The van der Waals surface area contributed by atoms with Crippen LogP contribution in [-0.2, 0) is 4.79 Å². The van der Waals surface area contributed by atoms with Gasteiger partial charge in [-0.25, -0.2) is 4.39 Å². The van der Waals surface area contributed by atoms with E-state index >= 15 is 0 Å². The van der Waals surface area contributed by atoms with Crippen molar-refractivity contribution in [2.75, 3.05) is 13.2 Å². The Morgan fingerprint density at radius 3 is 2.57 bits per heavy atom. The van der Waals surface area contributed by atoms with Gasteiger partial charge < -0.3 is 15.2 Å². The van der Waals surface area contributed by atoms with Crippen molar-refractivity contribution < 1.29 is 19.0 Å². The first-order chi connectivity index (χ1) is 10.0. The molecule has 0 aliphatic heterocycles. The minimum Gasteiger partial charge on any atom is -0.494 e. The van der Waals surface area contributed by atoms with Gasteiger partial charge in [-0.1, -0.05) is 13.8 Å². The first kappa shape index (κ1) is 17.4. The van der Waals surface area contributed by atoms with E-state index in [4.69, 9.17) is 9.84 Å². The van der Waals surface area contributed by atoms with Crippen LogP contribution in [0.1, 0.15) is 33.1 Å². The van der Waals surface area contributed by atoms with Gasteiger partial charge in [0.1, 0.15) is 11.6 Å². The Balaban J connectivity index is 2.22. The van der Waals surface area contributed by atoms with Crippen molar-refractivity contribution in [2.45, 2.75) is 39.2 Å². The smallest absolute Gasteiger partial charge is 0.220 e. The van der Waals surface area contributed by atoms with Crippen molar-refractivity contribution in [1.82, 2.24) is 5.32 Å². The van der Waals surface area contributed by atoms with E-state index < -0.39 is 0 Å². The van der Waals surface area contributed by atoms with Gasteiger partial charge in [-0.2, -0.15) is 0 Å². The second-order valence-electron chi connectivity index (χ2n) is 5.34. The number of aliphatic hydroxyl groups excluding tert-OH is 1. The Morgan fingerprint density at radius 1 is 1.33 bits per heavy atom. The molecule has 4 nitrogen and oxygen atoms in total. The first-order valence-corrected chi connectivity index (χ1v) is 7.31. The quantitative estimate of drug-likeness (QED) is 0.689. The molecule has 0 saturated heterocycles. The summed E-state index contributed by atoms with van der Waals surface area (Å²) in [6.45, 7) is 4.50. The molecule has 1 atom stereocenters. The molecule has 0 spiro atoms. The average Bonchev–Trinajstić information content (AvgIpc) is 2.45. The molecule has 0 aliphatic carbocycles. The number of hydrogen-bond donors (Lipinski definition) is 2. The van der Waals surface area contributed by atoms with Gasteiger partial charge in [0, 0.05) is 19.1 Å². The SMILES string of the molecule is CC(C)C(CCO)NC(=O)CCCOc1ccc(F)cc1. The van der Waals surface area contributed by atoms with E-state index in [0.29, 0.717) is 31.6 Å². The summed E-state index contributed by atoms with van der Waals surface area (Å²) in [6, 6.07) is 5.80. The van der Waals surface area contributed by atoms with Crippen LogP contribution in [0.25, 0.3) is 0 Å². The molecule has 0 radical (unpaired) electrons. The van der Waals surface area contributed by atoms with Crippen molar-refractivity contribution in [3.8, 4) is 5.75 Å². The largest absolute Gasteiger partial charge is 0.494 e. The highest BCUT2D eigenvalue weighted by molar-refractivity contribution is 5.76. The summed E-state index contributed by atoms with van der Waals surface area (Å²) >= 11 is 0. The maximum absolute atomic E-state index is 12.7. The fourth-order valence-corrected chi connectivity index (χ4v) is 1.94. The zero-order chi connectivity index (χ0) is 15.7. The lowest BCUT2D eigenvalue weighted by Gasteiger charge is -2.21. The van der Waals surface area contributed by atoms with E-state index in [1.165, 1.54) is 12.1 Å². The van der Waals surface area contributed by atoms with Gasteiger partial charge in [0.2, 0.25) is 5.91 Å². The number of amides is 1. The highest BCUT2D eigenvalue weighted by Crippen LogP contribution is 2.11. The van der Waals surface area contributed by atoms with Gasteiger partial charge in [-0.15, -0.1) is 0 Å². The first-order valence-electron chi connectivity index (χ1n) is 7.31. The van der Waals surface area contributed by atoms with E-state index in [1.807, 2.05) is 13.8 Å². The minimum atomic E-state index is -0.301. The third kappa shape index (κ3) is 7.09. The maximum Gasteiger partial charge on any atom is 0.220 e.